The third-order valence-corrected chi connectivity index (χ3v) is 11.4. The van der Waals surface area contributed by atoms with E-state index in [1.165, 1.54) is 0 Å². The fraction of sp³-hybridized carbons (Fsp3) is 0.543. The molecule has 222 valence electrons. The molecule has 7 aliphatic carbocycles. The van der Waals surface area contributed by atoms with Crippen molar-refractivity contribution < 1.29 is 18.4 Å². The molecule has 4 bridgehead atoms. The molecule has 3 aromatic rings. The fourth-order valence-electron chi connectivity index (χ4n) is 8.73. The van der Waals surface area contributed by atoms with E-state index in [9.17, 15) is 14.4 Å². The molecule has 0 atom stereocenters. The van der Waals surface area contributed by atoms with Gasteiger partial charge in [-0.1, -0.05) is 23.4 Å². The Morgan fingerprint density at radius 1 is 1.05 bits per heavy atom. The van der Waals surface area contributed by atoms with Gasteiger partial charge in [-0.15, -0.1) is 0 Å². The van der Waals surface area contributed by atoms with Crippen LogP contribution < -0.4 is 9.64 Å². The maximum Gasteiger partial charge on any atom is 0.232 e. The van der Waals surface area contributed by atoms with Crippen molar-refractivity contribution in [2.75, 3.05) is 18.6 Å². The molecule has 0 radical (unpaired) electrons. The lowest BCUT2D eigenvalue weighted by atomic mass is 9.41. The van der Waals surface area contributed by atoms with Gasteiger partial charge in [-0.2, -0.15) is 10.2 Å². The SMILES string of the molecule is COc1ccc(-c2cccc(N(CC34CCC(c5nc(C6CC6)no5)(CC3)CC4)C(=O)CC34CC(F)(C3)C4)c2)cc1C#N. The van der Waals surface area contributed by atoms with Crippen LogP contribution in [0.5, 0.6) is 5.75 Å². The molecule has 7 nitrogen and oxygen atoms in total. The number of amides is 1. The summed E-state index contributed by atoms with van der Waals surface area (Å²) < 4.78 is 25.6. The van der Waals surface area contributed by atoms with Crippen LogP contribution in [0.2, 0.25) is 0 Å². The number of hydrogen-bond acceptors (Lipinski definition) is 6. The average molecular weight is 581 g/mol. The second-order valence-electron chi connectivity index (χ2n) is 14.4. The molecule has 0 unspecified atom stereocenters. The molecule has 7 fully saturated rings. The zero-order valence-corrected chi connectivity index (χ0v) is 24.7. The topological polar surface area (TPSA) is 92.2 Å². The highest BCUT2D eigenvalue weighted by molar-refractivity contribution is 5.95. The van der Waals surface area contributed by atoms with Gasteiger partial charge in [0.15, 0.2) is 5.82 Å². The van der Waals surface area contributed by atoms with Gasteiger partial charge in [-0.05, 0) is 117 Å². The van der Waals surface area contributed by atoms with Gasteiger partial charge in [0, 0.05) is 30.0 Å². The van der Waals surface area contributed by atoms with E-state index in [0.29, 0.717) is 49.5 Å². The average Bonchev–Trinajstić information content (AvgIpc) is 3.74. The highest BCUT2D eigenvalue weighted by Gasteiger charge is 2.69. The van der Waals surface area contributed by atoms with Gasteiger partial charge in [0.2, 0.25) is 11.8 Å². The zero-order chi connectivity index (χ0) is 29.5. The molecule has 7 saturated carbocycles. The van der Waals surface area contributed by atoms with E-state index in [-0.39, 0.29) is 22.2 Å². The Morgan fingerprint density at radius 2 is 1.77 bits per heavy atom. The van der Waals surface area contributed by atoms with Crippen LogP contribution in [0.1, 0.15) is 100 Å². The number of fused-ring (bicyclic) bond motifs is 3. The number of aromatic nitrogens is 2. The van der Waals surface area contributed by atoms with Crippen molar-refractivity contribution in [1.29, 1.82) is 5.26 Å². The fourth-order valence-corrected chi connectivity index (χ4v) is 8.73. The van der Waals surface area contributed by atoms with Gasteiger partial charge in [0.25, 0.3) is 0 Å². The van der Waals surface area contributed by atoms with Crippen LogP contribution in [0.25, 0.3) is 11.1 Å². The summed E-state index contributed by atoms with van der Waals surface area (Å²) in [7, 11) is 1.56. The highest BCUT2D eigenvalue weighted by atomic mass is 19.1. The summed E-state index contributed by atoms with van der Waals surface area (Å²) in [5.74, 6) is 2.81. The maximum absolute atomic E-state index is 14.4. The summed E-state index contributed by atoms with van der Waals surface area (Å²) in [5, 5.41) is 13.9. The quantitative estimate of drug-likeness (QED) is 0.262. The van der Waals surface area contributed by atoms with E-state index in [2.05, 4.69) is 17.3 Å². The number of hydrogen-bond donors (Lipinski definition) is 0. The van der Waals surface area contributed by atoms with Gasteiger partial charge in [0.05, 0.1) is 12.7 Å². The van der Waals surface area contributed by atoms with Crippen LogP contribution in [0.4, 0.5) is 10.1 Å². The number of carbonyl (C=O) groups excluding carboxylic acids is 1. The Balaban J connectivity index is 1.06. The Morgan fingerprint density at radius 3 is 2.42 bits per heavy atom. The first-order valence-corrected chi connectivity index (χ1v) is 15.8. The zero-order valence-electron chi connectivity index (χ0n) is 24.7. The molecular formula is C35H37FN4O3. The largest absolute Gasteiger partial charge is 0.495 e. The molecule has 10 rings (SSSR count). The number of methoxy groups -OCH3 is 1. The lowest BCUT2D eigenvalue weighted by Crippen LogP contribution is -2.65. The van der Waals surface area contributed by atoms with Crippen molar-refractivity contribution in [3.8, 4) is 22.9 Å². The molecule has 0 aliphatic heterocycles. The van der Waals surface area contributed by atoms with Crippen molar-refractivity contribution in [2.24, 2.45) is 10.8 Å². The second kappa shape index (κ2) is 9.38. The summed E-state index contributed by atoms with van der Waals surface area (Å²) >= 11 is 0. The minimum absolute atomic E-state index is 0.0294. The van der Waals surface area contributed by atoms with Crippen molar-refractivity contribution in [2.45, 2.75) is 94.1 Å². The van der Waals surface area contributed by atoms with Gasteiger partial charge < -0.3 is 14.2 Å². The van der Waals surface area contributed by atoms with Crippen LogP contribution >= 0.6 is 0 Å². The molecule has 0 saturated heterocycles. The highest BCUT2D eigenvalue weighted by Crippen LogP contribution is 2.71. The summed E-state index contributed by atoms with van der Waals surface area (Å²) in [5.41, 5.74) is 1.97. The predicted molar refractivity (Wildman–Crippen MR) is 158 cm³/mol. The minimum Gasteiger partial charge on any atom is -0.495 e. The Kier molecular flexibility index (Phi) is 5.86. The summed E-state index contributed by atoms with van der Waals surface area (Å²) in [6.07, 6.45) is 10.3. The summed E-state index contributed by atoms with van der Waals surface area (Å²) in [4.78, 5) is 21.0. The summed E-state index contributed by atoms with van der Waals surface area (Å²) in [6.45, 7) is 0.658. The Hall–Kier alpha value is -3.73. The molecular weight excluding hydrogens is 543 g/mol. The number of nitrogens with zero attached hydrogens (tertiary/aromatic N) is 4. The molecule has 2 aromatic carbocycles. The molecule has 7 aliphatic rings. The molecule has 1 amide bonds. The lowest BCUT2D eigenvalue weighted by Gasteiger charge is -2.66. The van der Waals surface area contributed by atoms with Crippen molar-refractivity contribution in [1.82, 2.24) is 10.1 Å². The molecule has 1 aromatic heterocycles. The minimum atomic E-state index is -1.03. The number of carbonyl (C=O) groups is 1. The third kappa shape index (κ3) is 4.46. The number of nitriles is 1. The van der Waals surface area contributed by atoms with Gasteiger partial charge >= 0.3 is 0 Å². The third-order valence-electron chi connectivity index (χ3n) is 11.4. The van der Waals surface area contributed by atoms with Crippen LogP contribution in [0, 0.1) is 22.2 Å². The normalized spacial score (nSPS) is 31.9. The van der Waals surface area contributed by atoms with E-state index in [1.807, 2.05) is 41.3 Å². The second-order valence-corrected chi connectivity index (χ2v) is 14.4. The first-order valence-electron chi connectivity index (χ1n) is 15.8. The van der Waals surface area contributed by atoms with Crippen LogP contribution in [0.3, 0.4) is 0 Å². The Labute approximate surface area is 251 Å². The smallest absolute Gasteiger partial charge is 0.232 e. The summed E-state index contributed by atoms with van der Waals surface area (Å²) in [6, 6.07) is 15.9. The van der Waals surface area contributed by atoms with Crippen molar-refractivity contribution >= 4 is 11.6 Å². The van der Waals surface area contributed by atoms with Crippen molar-refractivity contribution in [3.63, 3.8) is 0 Å². The number of alkyl halides is 1. The molecule has 0 N–H and O–H groups in total. The van der Waals surface area contributed by atoms with E-state index in [1.54, 1.807) is 7.11 Å². The number of benzene rings is 2. The molecule has 1 heterocycles. The molecule has 8 heteroatoms. The van der Waals surface area contributed by atoms with E-state index in [4.69, 9.17) is 14.2 Å². The van der Waals surface area contributed by atoms with Crippen LogP contribution in [-0.4, -0.2) is 35.4 Å². The molecule has 43 heavy (non-hydrogen) atoms. The predicted octanol–water partition coefficient (Wildman–Crippen LogP) is 7.40. The standard InChI is InChI=1S/C35H37FN4O3/c1-42-28-8-7-25(15-26(28)18-37)24-3-2-4-27(16-24)40(29(41)17-33-19-35(36,20-33)21-33)22-32-9-12-34(13-10-32,14-11-32)31-38-30(39-43-31)23-5-6-23/h2-4,7-8,15-16,23H,5-6,9-14,17,19-22H2,1H3. The molecule has 0 spiro atoms. The van der Waals surface area contributed by atoms with Gasteiger partial charge in [-0.3, -0.25) is 4.79 Å². The van der Waals surface area contributed by atoms with Gasteiger partial charge in [-0.25, -0.2) is 4.39 Å². The van der Waals surface area contributed by atoms with E-state index >= 15 is 0 Å². The van der Waals surface area contributed by atoms with Crippen molar-refractivity contribution in [3.05, 3.63) is 59.7 Å². The van der Waals surface area contributed by atoms with Crippen LogP contribution in [0.15, 0.2) is 47.0 Å². The number of rotatable bonds is 9. The van der Waals surface area contributed by atoms with Crippen LogP contribution in [-0.2, 0) is 10.2 Å². The lowest BCUT2D eigenvalue weighted by molar-refractivity contribution is -0.215. The van der Waals surface area contributed by atoms with E-state index < -0.39 is 5.67 Å². The number of ether oxygens (including phenoxy) is 1. The first kappa shape index (κ1) is 26.9. The monoisotopic (exact) mass is 580 g/mol. The first-order chi connectivity index (χ1) is 20.7. The number of anilines is 1. The van der Waals surface area contributed by atoms with E-state index in [0.717, 1.165) is 79.9 Å². The Bertz CT molecular complexity index is 1610. The maximum atomic E-state index is 14.4. The number of halogens is 1. The van der Waals surface area contributed by atoms with Gasteiger partial charge in [0.1, 0.15) is 17.5 Å².